The summed E-state index contributed by atoms with van der Waals surface area (Å²) in [4.78, 5) is 23.6. The number of aryl methyl sites for hydroxylation is 2. The van der Waals surface area contributed by atoms with Gasteiger partial charge in [0.05, 0.1) is 5.69 Å². The van der Waals surface area contributed by atoms with Crippen molar-refractivity contribution < 1.29 is 14.7 Å². The molecule has 128 valence electrons. The Kier molecular flexibility index (Phi) is 5.62. The third kappa shape index (κ3) is 4.14. The smallest absolute Gasteiger partial charge is 0.330 e. The molecule has 0 aliphatic rings. The normalized spacial score (nSPS) is 12.0. The van der Waals surface area contributed by atoms with Crippen LogP contribution >= 0.6 is 11.6 Å². The van der Waals surface area contributed by atoms with Gasteiger partial charge in [-0.2, -0.15) is 5.10 Å². The minimum absolute atomic E-state index is 0.199. The predicted molar refractivity (Wildman–Crippen MR) is 91.0 cm³/mol. The van der Waals surface area contributed by atoms with E-state index in [4.69, 9.17) is 11.6 Å². The van der Waals surface area contributed by atoms with E-state index < -0.39 is 12.0 Å². The highest BCUT2D eigenvalue weighted by atomic mass is 35.5. The molecular weight excluding hydrogens is 330 g/mol. The Balaban J connectivity index is 2.03. The van der Waals surface area contributed by atoms with E-state index in [1.807, 2.05) is 20.9 Å². The SMILES string of the molecule is Cc1nn(C)c(C)c1CCC(=O)NC(C(=O)O)c1ccc(Cl)cc1. The number of nitrogens with one attached hydrogen (secondary N) is 1. The molecule has 0 saturated heterocycles. The molecule has 6 nitrogen and oxygen atoms in total. The second-order valence-electron chi connectivity index (χ2n) is 5.66. The van der Waals surface area contributed by atoms with E-state index in [-0.39, 0.29) is 12.3 Å². The summed E-state index contributed by atoms with van der Waals surface area (Å²) in [5.41, 5.74) is 3.39. The van der Waals surface area contributed by atoms with Crippen LogP contribution < -0.4 is 5.32 Å². The number of rotatable bonds is 6. The molecule has 0 fully saturated rings. The third-order valence-electron chi connectivity index (χ3n) is 4.02. The second kappa shape index (κ2) is 7.49. The summed E-state index contributed by atoms with van der Waals surface area (Å²) in [6.07, 6.45) is 0.717. The molecule has 1 aromatic heterocycles. The maximum Gasteiger partial charge on any atom is 0.330 e. The van der Waals surface area contributed by atoms with E-state index in [9.17, 15) is 14.7 Å². The summed E-state index contributed by atoms with van der Waals surface area (Å²) >= 11 is 5.81. The van der Waals surface area contributed by atoms with E-state index >= 15 is 0 Å². The van der Waals surface area contributed by atoms with Gasteiger partial charge in [0.25, 0.3) is 0 Å². The van der Waals surface area contributed by atoms with Crippen LogP contribution in [0.2, 0.25) is 5.02 Å². The van der Waals surface area contributed by atoms with E-state index in [2.05, 4.69) is 10.4 Å². The molecular formula is C17H20ClN3O3. The summed E-state index contributed by atoms with van der Waals surface area (Å²) in [5, 5.41) is 16.7. The highest BCUT2D eigenvalue weighted by Gasteiger charge is 2.22. The molecule has 7 heteroatoms. The zero-order valence-electron chi connectivity index (χ0n) is 13.8. The maximum atomic E-state index is 12.2. The van der Waals surface area contributed by atoms with Gasteiger partial charge in [0.1, 0.15) is 0 Å². The third-order valence-corrected chi connectivity index (χ3v) is 4.27. The van der Waals surface area contributed by atoms with Crippen LogP contribution in [0.4, 0.5) is 0 Å². The van der Waals surface area contributed by atoms with Crippen molar-refractivity contribution in [2.75, 3.05) is 0 Å². The standard InChI is InChI=1S/C17H20ClN3O3/c1-10-14(11(2)21(3)20-10)8-9-15(22)19-16(17(23)24)12-4-6-13(18)7-5-12/h4-7,16H,8-9H2,1-3H3,(H,19,22)(H,23,24). The largest absolute Gasteiger partial charge is 0.479 e. The topological polar surface area (TPSA) is 84.2 Å². The fraction of sp³-hybridized carbons (Fsp3) is 0.353. The fourth-order valence-electron chi connectivity index (χ4n) is 2.59. The Bertz CT molecular complexity index is 753. The van der Waals surface area contributed by atoms with Gasteiger partial charge in [0.2, 0.25) is 5.91 Å². The van der Waals surface area contributed by atoms with Gasteiger partial charge < -0.3 is 10.4 Å². The predicted octanol–water partition coefficient (Wildman–Crippen LogP) is 2.57. The number of carboxylic acids is 1. The average molecular weight is 350 g/mol. The number of nitrogens with zero attached hydrogens (tertiary/aromatic N) is 2. The first kappa shape index (κ1) is 18.0. The molecule has 24 heavy (non-hydrogen) atoms. The van der Waals surface area contributed by atoms with Crippen molar-refractivity contribution in [3.8, 4) is 0 Å². The first-order chi connectivity index (χ1) is 11.3. The lowest BCUT2D eigenvalue weighted by Gasteiger charge is -2.15. The molecule has 1 aromatic carbocycles. The van der Waals surface area contributed by atoms with Crippen LogP contribution in [0, 0.1) is 13.8 Å². The number of amides is 1. The van der Waals surface area contributed by atoms with E-state index in [0.717, 1.165) is 17.0 Å². The quantitative estimate of drug-likeness (QED) is 0.839. The molecule has 0 radical (unpaired) electrons. The summed E-state index contributed by atoms with van der Waals surface area (Å²) in [5.74, 6) is -1.43. The van der Waals surface area contributed by atoms with Crippen LogP contribution in [-0.4, -0.2) is 26.8 Å². The lowest BCUT2D eigenvalue weighted by Crippen LogP contribution is -2.33. The Morgan fingerprint density at radius 2 is 1.92 bits per heavy atom. The fourth-order valence-corrected chi connectivity index (χ4v) is 2.72. The molecule has 1 atom stereocenters. The van der Waals surface area contributed by atoms with Gasteiger partial charge in [0, 0.05) is 24.2 Å². The van der Waals surface area contributed by atoms with Gasteiger partial charge in [-0.3, -0.25) is 9.48 Å². The minimum Gasteiger partial charge on any atom is -0.479 e. The van der Waals surface area contributed by atoms with E-state index in [1.165, 1.54) is 0 Å². The zero-order valence-corrected chi connectivity index (χ0v) is 14.6. The van der Waals surface area contributed by atoms with Gasteiger partial charge in [-0.25, -0.2) is 4.79 Å². The Morgan fingerprint density at radius 3 is 2.42 bits per heavy atom. The van der Waals surface area contributed by atoms with Crippen molar-refractivity contribution in [2.45, 2.75) is 32.7 Å². The lowest BCUT2D eigenvalue weighted by atomic mass is 10.1. The molecule has 2 aromatic rings. The number of carbonyl (C=O) groups is 2. The van der Waals surface area contributed by atoms with Crippen molar-refractivity contribution >= 4 is 23.5 Å². The Morgan fingerprint density at radius 1 is 1.29 bits per heavy atom. The number of carbonyl (C=O) groups excluding carboxylic acids is 1. The van der Waals surface area contributed by atoms with Crippen molar-refractivity contribution in [2.24, 2.45) is 7.05 Å². The summed E-state index contributed by atoms with van der Waals surface area (Å²) in [6, 6.07) is 5.29. The summed E-state index contributed by atoms with van der Waals surface area (Å²) in [7, 11) is 1.85. The van der Waals surface area contributed by atoms with E-state index in [0.29, 0.717) is 17.0 Å². The van der Waals surface area contributed by atoms with Gasteiger partial charge in [0.15, 0.2) is 6.04 Å². The molecule has 1 unspecified atom stereocenters. The first-order valence-electron chi connectivity index (χ1n) is 7.56. The monoisotopic (exact) mass is 349 g/mol. The van der Waals surface area contributed by atoms with Crippen molar-refractivity contribution in [1.29, 1.82) is 0 Å². The number of halogens is 1. The highest BCUT2D eigenvalue weighted by Crippen LogP contribution is 2.18. The number of hydrogen-bond donors (Lipinski definition) is 2. The molecule has 0 aliphatic carbocycles. The van der Waals surface area contributed by atoms with Crippen molar-refractivity contribution in [3.05, 3.63) is 51.8 Å². The van der Waals surface area contributed by atoms with Gasteiger partial charge >= 0.3 is 5.97 Å². The van der Waals surface area contributed by atoms with Gasteiger partial charge in [-0.15, -0.1) is 0 Å². The van der Waals surface area contributed by atoms with Crippen LogP contribution in [0.15, 0.2) is 24.3 Å². The molecule has 1 heterocycles. The Labute approximate surface area is 145 Å². The lowest BCUT2D eigenvalue weighted by molar-refractivity contribution is -0.142. The molecule has 1 amide bonds. The highest BCUT2D eigenvalue weighted by molar-refractivity contribution is 6.30. The molecule has 0 saturated carbocycles. The number of hydrogen-bond acceptors (Lipinski definition) is 3. The second-order valence-corrected chi connectivity index (χ2v) is 6.10. The number of aromatic nitrogens is 2. The first-order valence-corrected chi connectivity index (χ1v) is 7.94. The van der Waals surface area contributed by atoms with Crippen LogP contribution in [0.1, 0.15) is 35.0 Å². The van der Waals surface area contributed by atoms with Crippen LogP contribution in [0.5, 0.6) is 0 Å². The molecule has 0 aliphatic heterocycles. The molecule has 0 spiro atoms. The van der Waals surface area contributed by atoms with Gasteiger partial charge in [-0.1, -0.05) is 23.7 Å². The molecule has 2 rings (SSSR count). The number of carboxylic acid groups (broad SMARTS) is 1. The van der Waals surface area contributed by atoms with Crippen molar-refractivity contribution in [1.82, 2.24) is 15.1 Å². The average Bonchev–Trinajstić information content (AvgIpc) is 2.76. The van der Waals surface area contributed by atoms with E-state index in [1.54, 1.807) is 28.9 Å². The van der Waals surface area contributed by atoms with Crippen LogP contribution in [0.3, 0.4) is 0 Å². The van der Waals surface area contributed by atoms with Crippen LogP contribution in [-0.2, 0) is 23.1 Å². The van der Waals surface area contributed by atoms with Crippen molar-refractivity contribution in [3.63, 3.8) is 0 Å². The summed E-state index contributed by atoms with van der Waals surface area (Å²) < 4.78 is 1.77. The Hall–Kier alpha value is -2.34. The summed E-state index contributed by atoms with van der Waals surface area (Å²) in [6.45, 7) is 3.84. The minimum atomic E-state index is -1.11. The number of benzene rings is 1. The maximum absolute atomic E-state index is 12.2. The zero-order chi connectivity index (χ0) is 17.9. The van der Waals surface area contributed by atoms with Crippen LogP contribution in [0.25, 0.3) is 0 Å². The molecule has 0 bridgehead atoms. The van der Waals surface area contributed by atoms with Gasteiger partial charge in [-0.05, 0) is 43.5 Å². The number of aliphatic carboxylic acids is 1. The molecule has 2 N–H and O–H groups in total.